The van der Waals surface area contributed by atoms with Gasteiger partial charge in [-0.25, -0.2) is 10.2 Å². The van der Waals surface area contributed by atoms with Gasteiger partial charge in [0.2, 0.25) is 0 Å². The van der Waals surface area contributed by atoms with E-state index in [4.69, 9.17) is 21.1 Å². The molecule has 6 nitrogen and oxygen atoms in total. The molecule has 0 aliphatic heterocycles. The van der Waals surface area contributed by atoms with Gasteiger partial charge in [-0.05, 0) is 48.9 Å². The molecule has 0 unspecified atom stereocenters. The molecule has 0 aliphatic rings. The number of esters is 1. The van der Waals surface area contributed by atoms with Crippen molar-refractivity contribution in [2.24, 2.45) is 5.10 Å². The van der Waals surface area contributed by atoms with E-state index in [2.05, 4.69) is 10.5 Å². The van der Waals surface area contributed by atoms with E-state index in [0.29, 0.717) is 22.1 Å². The lowest BCUT2D eigenvalue weighted by Gasteiger charge is -2.06. The summed E-state index contributed by atoms with van der Waals surface area (Å²) in [6.45, 7) is 1.81. The van der Waals surface area contributed by atoms with Crippen molar-refractivity contribution in [2.75, 3.05) is 6.61 Å². The Kier molecular flexibility index (Phi) is 7.19. The summed E-state index contributed by atoms with van der Waals surface area (Å²) in [6.07, 6.45) is 1.44. The van der Waals surface area contributed by atoms with Crippen LogP contribution in [0.2, 0.25) is 5.02 Å². The SMILES string of the molecule is Cc1ccc(OCC(=O)N/N=C\c2cccc(OC(=O)c3ccccc3Cl)c2)cc1. The Morgan fingerprint density at radius 2 is 1.77 bits per heavy atom. The average Bonchev–Trinajstić information content (AvgIpc) is 2.74. The van der Waals surface area contributed by atoms with Gasteiger partial charge < -0.3 is 9.47 Å². The van der Waals surface area contributed by atoms with Crippen LogP contribution in [0.5, 0.6) is 11.5 Å². The fourth-order valence-corrected chi connectivity index (χ4v) is 2.65. The minimum absolute atomic E-state index is 0.157. The lowest BCUT2D eigenvalue weighted by Crippen LogP contribution is -2.24. The number of nitrogens with zero attached hydrogens (tertiary/aromatic N) is 1. The number of benzene rings is 3. The van der Waals surface area contributed by atoms with E-state index in [1.54, 1.807) is 60.7 Å². The molecule has 3 aromatic rings. The summed E-state index contributed by atoms with van der Waals surface area (Å²) in [5.41, 5.74) is 4.41. The number of carbonyl (C=O) groups is 2. The third kappa shape index (κ3) is 6.18. The number of carbonyl (C=O) groups excluding carboxylic acids is 2. The zero-order valence-corrected chi connectivity index (χ0v) is 16.9. The number of hydrazone groups is 1. The normalized spacial score (nSPS) is 10.6. The molecule has 0 saturated carbocycles. The molecule has 0 saturated heterocycles. The van der Waals surface area contributed by atoms with Gasteiger partial charge in [0.1, 0.15) is 11.5 Å². The molecule has 0 fully saturated rings. The first-order valence-corrected chi connectivity index (χ1v) is 9.47. The molecule has 7 heteroatoms. The van der Waals surface area contributed by atoms with Crippen LogP contribution >= 0.6 is 11.6 Å². The maximum Gasteiger partial charge on any atom is 0.345 e. The number of hydrogen-bond acceptors (Lipinski definition) is 5. The van der Waals surface area contributed by atoms with Gasteiger partial charge in [-0.2, -0.15) is 5.10 Å². The predicted molar refractivity (Wildman–Crippen MR) is 115 cm³/mol. The molecule has 0 radical (unpaired) electrons. The van der Waals surface area contributed by atoms with Gasteiger partial charge in [0.25, 0.3) is 5.91 Å². The lowest BCUT2D eigenvalue weighted by molar-refractivity contribution is -0.123. The van der Waals surface area contributed by atoms with Crippen molar-refractivity contribution in [3.05, 3.63) is 94.5 Å². The maximum absolute atomic E-state index is 12.2. The molecule has 0 aliphatic carbocycles. The standard InChI is InChI=1S/C23H19ClN2O4/c1-16-9-11-18(12-10-16)29-15-22(27)26-25-14-17-5-4-6-19(13-17)30-23(28)20-7-2-3-8-21(20)24/h2-14H,15H2,1H3,(H,26,27)/b25-14-. The summed E-state index contributed by atoms with van der Waals surface area (Å²) in [5.74, 6) is -0.0185. The molecule has 0 atom stereocenters. The van der Waals surface area contributed by atoms with Crippen LogP contribution in [0.1, 0.15) is 21.5 Å². The first-order valence-electron chi connectivity index (χ1n) is 9.09. The zero-order valence-electron chi connectivity index (χ0n) is 16.2. The molecule has 30 heavy (non-hydrogen) atoms. The molecule has 3 aromatic carbocycles. The third-order valence-corrected chi connectivity index (χ3v) is 4.29. The van der Waals surface area contributed by atoms with Gasteiger partial charge in [0.05, 0.1) is 16.8 Å². The summed E-state index contributed by atoms with van der Waals surface area (Å²) in [6, 6.07) is 20.7. The summed E-state index contributed by atoms with van der Waals surface area (Å²) in [7, 11) is 0. The van der Waals surface area contributed by atoms with Gasteiger partial charge in [-0.1, -0.05) is 53.6 Å². The lowest BCUT2D eigenvalue weighted by atomic mass is 10.2. The van der Waals surface area contributed by atoms with E-state index in [0.717, 1.165) is 5.56 Å². The highest BCUT2D eigenvalue weighted by atomic mass is 35.5. The Balaban J connectivity index is 1.52. The van der Waals surface area contributed by atoms with Crippen LogP contribution in [0.15, 0.2) is 77.9 Å². The van der Waals surface area contributed by atoms with E-state index in [1.165, 1.54) is 6.21 Å². The monoisotopic (exact) mass is 422 g/mol. The molecule has 1 N–H and O–H groups in total. The molecular weight excluding hydrogens is 404 g/mol. The van der Waals surface area contributed by atoms with Crippen molar-refractivity contribution in [3.63, 3.8) is 0 Å². The van der Waals surface area contributed by atoms with Crippen LogP contribution in [0.25, 0.3) is 0 Å². The molecule has 0 aromatic heterocycles. The van der Waals surface area contributed by atoms with Gasteiger partial charge in [0, 0.05) is 0 Å². The van der Waals surface area contributed by atoms with E-state index < -0.39 is 11.9 Å². The molecule has 0 bridgehead atoms. The molecular formula is C23H19ClN2O4. The highest BCUT2D eigenvalue weighted by Crippen LogP contribution is 2.19. The average molecular weight is 423 g/mol. The van der Waals surface area contributed by atoms with Crippen molar-refractivity contribution in [1.82, 2.24) is 5.43 Å². The molecule has 152 valence electrons. The Bertz CT molecular complexity index is 1060. The quantitative estimate of drug-likeness (QED) is 0.265. The maximum atomic E-state index is 12.2. The van der Waals surface area contributed by atoms with E-state index in [1.807, 2.05) is 19.1 Å². The van der Waals surface area contributed by atoms with Gasteiger partial charge >= 0.3 is 5.97 Å². The highest BCUT2D eigenvalue weighted by Gasteiger charge is 2.12. The number of aryl methyl sites for hydroxylation is 1. The fraction of sp³-hybridized carbons (Fsp3) is 0.0870. The summed E-state index contributed by atoms with van der Waals surface area (Å²) in [5, 5.41) is 4.21. The first-order chi connectivity index (χ1) is 14.5. The van der Waals surface area contributed by atoms with Crippen molar-refractivity contribution in [2.45, 2.75) is 6.92 Å². The van der Waals surface area contributed by atoms with Crippen molar-refractivity contribution in [3.8, 4) is 11.5 Å². The topological polar surface area (TPSA) is 77.0 Å². The van der Waals surface area contributed by atoms with Crippen LogP contribution in [0.3, 0.4) is 0 Å². The van der Waals surface area contributed by atoms with Crippen LogP contribution in [0, 0.1) is 6.92 Å². The Hall–Kier alpha value is -3.64. The molecule has 0 spiro atoms. The van der Waals surface area contributed by atoms with Crippen molar-refractivity contribution >= 4 is 29.7 Å². The van der Waals surface area contributed by atoms with Gasteiger partial charge in [-0.3, -0.25) is 4.79 Å². The van der Waals surface area contributed by atoms with Crippen molar-refractivity contribution in [1.29, 1.82) is 0 Å². The first kappa shape index (κ1) is 21.1. The second-order valence-corrected chi connectivity index (χ2v) is 6.74. The predicted octanol–water partition coefficient (Wildman–Crippen LogP) is 4.40. The Morgan fingerprint density at radius 1 is 1.00 bits per heavy atom. The number of amides is 1. The minimum Gasteiger partial charge on any atom is -0.484 e. The van der Waals surface area contributed by atoms with E-state index in [-0.39, 0.29) is 12.2 Å². The van der Waals surface area contributed by atoms with E-state index >= 15 is 0 Å². The number of nitrogens with one attached hydrogen (secondary N) is 1. The Labute approximate surface area is 179 Å². The van der Waals surface area contributed by atoms with E-state index in [9.17, 15) is 9.59 Å². The number of halogens is 1. The smallest absolute Gasteiger partial charge is 0.345 e. The van der Waals surface area contributed by atoms with Gasteiger partial charge in [-0.15, -0.1) is 0 Å². The summed E-state index contributed by atoms with van der Waals surface area (Å²) >= 11 is 6.01. The van der Waals surface area contributed by atoms with Crippen LogP contribution in [0.4, 0.5) is 0 Å². The van der Waals surface area contributed by atoms with Crippen LogP contribution in [-0.4, -0.2) is 24.7 Å². The molecule has 0 heterocycles. The largest absolute Gasteiger partial charge is 0.484 e. The highest BCUT2D eigenvalue weighted by molar-refractivity contribution is 6.33. The minimum atomic E-state index is -0.559. The second-order valence-electron chi connectivity index (χ2n) is 6.34. The number of hydrogen-bond donors (Lipinski definition) is 1. The van der Waals surface area contributed by atoms with Crippen molar-refractivity contribution < 1.29 is 19.1 Å². The number of ether oxygens (including phenoxy) is 2. The zero-order chi connectivity index (χ0) is 21.3. The second kappa shape index (κ2) is 10.2. The number of rotatable bonds is 7. The Morgan fingerprint density at radius 3 is 2.53 bits per heavy atom. The fourth-order valence-electron chi connectivity index (χ4n) is 2.44. The summed E-state index contributed by atoms with van der Waals surface area (Å²) < 4.78 is 10.7. The third-order valence-electron chi connectivity index (χ3n) is 3.96. The van der Waals surface area contributed by atoms with Gasteiger partial charge in [0.15, 0.2) is 6.61 Å². The van der Waals surface area contributed by atoms with Crippen LogP contribution in [-0.2, 0) is 4.79 Å². The van der Waals surface area contributed by atoms with Crippen LogP contribution < -0.4 is 14.9 Å². The molecule has 3 rings (SSSR count). The summed E-state index contributed by atoms with van der Waals surface area (Å²) in [4.78, 5) is 24.1. The molecule has 1 amide bonds.